The van der Waals surface area contributed by atoms with Gasteiger partial charge in [-0.15, -0.1) is 0 Å². The van der Waals surface area contributed by atoms with E-state index >= 15 is 0 Å². The lowest BCUT2D eigenvalue weighted by atomic mass is 10.1. The predicted molar refractivity (Wildman–Crippen MR) is 97.8 cm³/mol. The molecule has 136 valence electrons. The molecule has 0 atom stereocenters. The average Bonchev–Trinajstić information content (AvgIpc) is 2.94. The van der Waals surface area contributed by atoms with Crippen LogP contribution in [-0.2, 0) is 12.8 Å². The van der Waals surface area contributed by atoms with Crippen LogP contribution in [0.1, 0.15) is 42.0 Å². The number of likely N-dealkylation sites (N-methyl/N-ethyl adjacent to an activating group) is 1. The second-order valence-electron chi connectivity index (χ2n) is 6.32. The Morgan fingerprint density at radius 2 is 1.92 bits per heavy atom. The van der Waals surface area contributed by atoms with E-state index in [4.69, 9.17) is 0 Å². The Morgan fingerprint density at radius 3 is 2.48 bits per heavy atom. The van der Waals surface area contributed by atoms with Crippen LogP contribution in [0.25, 0.3) is 5.69 Å². The number of hydrogen-bond acceptors (Lipinski definition) is 3. The smallest absolute Gasteiger partial charge is 0.255 e. The molecule has 1 N–H and O–H groups in total. The maximum absolute atomic E-state index is 13.2. The van der Waals surface area contributed by atoms with Gasteiger partial charge in [-0.05, 0) is 51.2 Å². The Labute approximate surface area is 148 Å². The number of halogens is 1. The molecule has 0 fully saturated rings. The summed E-state index contributed by atoms with van der Waals surface area (Å²) in [7, 11) is 3.94. The molecule has 0 radical (unpaired) electrons. The third kappa shape index (κ3) is 4.66. The van der Waals surface area contributed by atoms with Crippen LogP contribution < -0.4 is 5.32 Å². The van der Waals surface area contributed by atoms with Crippen LogP contribution in [0.4, 0.5) is 4.39 Å². The van der Waals surface area contributed by atoms with Crippen LogP contribution in [0.2, 0.25) is 0 Å². The fraction of sp³-hybridized carbons (Fsp3) is 0.474. The van der Waals surface area contributed by atoms with Crippen molar-refractivity contribution in [3.05, 3.63) is 47.0 Å². The molecule has 25 heavy (non-hydrogen) atoms. The summed E-state index contributed by atoms with van der Waals surface area (Å²) in [4.78, 5) is 14.8. The molecule has 0 aliphatic heterocycles. The van der Waals surface area contributed by atoms with E-state index in [1.54, 1.807) is 16.8 Å². The van der Waals surface area contributed by atoms with Crippen LogP contribution in [0.3, 0.4) is 0 Å². The van der Waals surface area contributed by atoms with Gasteiger partial charge in [0.15, 0.2) is 0 Å². The third-order valence-electron chi connectivity index (χ3n) is 4.02. The van der Waals surface area contributed by atoms with Crippen molar-refractivity contribution in [2.75, 3.05) is 27.2 Å². The van der Waals surface area contributed by atoms with Gasteiger partial charge in [-0.3, -0.25) is 4.79 Å². The molecule has 1 amide bonds. The molecule has 0 aliphatic carbocycles. The van der Waals surface area contributed by atoms with Crippen LogP contribution in [0.5, 0.6) is 0 Å². The zero-order valence-electron chi connectivity index (χ0n) is 15.5. The second-order valence-corrected chi connectivity index (χ2v) is 6.32. The first-order valence-electron chi connectivity index (χ1n) is 8.77. The normalized spacial score (nSPS) is 11.1. The SMILES string of the molecule is CCCc1nn(-c2ccc(F)cc2)c(CC)c1C(=O)NCCN(C)C. The maximum Gasteiger partial charge on any atom is 0.255 e. The fourth-order valence-corrected chi connectivity index (χ4v) is 2.78. The number of carbonyl (C=O) groups is 1. The molecule has 1 aromatic heterocycles. The zero-order valence-corrected chi connectivity index (χ0v) is 15.5. The number of aromatic nitrogens is 2. The van der Waals surface area contributed by atoms with Crippen LogP contribution in [0, 0.1) is 5.82 Å². The number of amides is 1. The predicted octanol–water partition coefficient (Wildman–Crippen LogP) is 2.82. The van der Waals surface area contributed by atoms with Gasteiger partial charge in [-0.2, -0.15) is 5.10 Å². The minimum atomic E-state index is -0.288. The Balaban J connectivity index is 2.39. The topological polar surface area (TPSA) is 50.2 Å². The van der Waals surface area contributed by atoms with Crippen molar-refractivity contribution in [3.8, 4) is 5.69 Å². The number of carbonyl (C=O) groups excluding carboxylic acids is 1. The van der Waals surface area contributed by atoms with Crippen molar-refractivity contribution < 1.29 is 9.18 Å². The lowest BCUT2D eigenvalue weighted by molar-refractivity contribution is 0.0949. The first kappa shape index (κ1) is 19.1. The van der Waals surface area contributed by atoms with E-state index in [1.165, 1.54) is 12.1 Å². The van der Waals surface area contributed by atoms with Gasteiger partial charge < -0.3 is 10.2 Å². The summed E-state index contributed by atoms with van der Waals surface area (Å²) in [6.07, 6.45) is 2.31. The zero-order chi connectivity index (χ0) is 18.4. The Morgan fingerprint density at radius 1 is 1.24 bits per heavy atom. The van der Waals surface area contributed by atoms with Crippen molar-refractivity contribution in [2.45, 2.75) is 33.1 Å². The Hall–Kier alpha value is -2.21. The lowest BCUT2D eigenvalue weighted by Crippen LogP contribution is -2.32. The average molecular weight is 346 g/mol. The molecule has 2 aromatic rings. The van der Waals surface area contributed by atoms with Gasteiger partial charge in [-0.1, -0.05) is 20.3 Å². The molecular formula is C19H27FN4O. The molecule has 1 heterocycles. The van der Waals surface area contributed by atoms with Crippen LogP contribution in [0.15, 0.2) is 24.3 Å². The van der Waals surface area contributed by atoms with Gasteiger partial charge in [0.2, 0.25) is 0 Å². The summed E-state index contributed by atoms with van der Waals surface area (Å²) < 4.78 is 15.0. The van der Waals surface area contributed by atoms with Crippen molar-refractivity contribution in [2.24, 2.45) is 0 Å². The van der Waals surface area contributed by atoms with Crippen molar-refractivity contribution in [3.63, 3.8) is 0 Å². The quantitative estimate of drug-likeness (QED) is 0.800. The molecule has 0 saturated carbocycles. The van der Waals surface area contributed by atoms with E-state index in [0.717, 1.165) is 36.5 Å². The van der Waals surface area contributed by atoms with E-state index in [1.807, 2.05) is 25.9 Å². The minimum absolute atomic E-state index is 0.0875. The molecule has 1 aromatic carbocycles. The molecule has 6 heteroatoms. The monoisotopic (exact) mass is 346 g/mol. The third-order valence-corrected chi connectivity index (χ3v) is 4.02. The van der Waals surface area contributed by atoms with Crippen molar-refractivity contribution >= 4 is 5.91 Å². The minimum Gasteiger partial charge on any atom is -0.351 e. The second kappa shape index (κ2) is 8.76. The van der Waals surface area contributed by atoms with Gasteiger partial charge >= 0.3 is 0 Å². The van der Waals surface area contributed by atoms with E-state index in [-0.39, 0.29) is 11.7 Å². The standard InChI is InChI=1S/C19H27FN4O/c1-5-7-16-18(19(25)21-12-13-23(3)4)17(6-2)24(22-16)15-10-8-14(20)9-11-15/h8-11H,5-7,12-13H2,1-4H3,(H,21,25). The first-order chi connectivity index (χ1) is 12.0. The Kier molecular flexibility index (Phi) is 6.70. The van der Waals surface area contributed by atoms with Gasteiger partial charge in [0.05, 0.1) is 22.6 Å². The lowest BCUT2D eigenvalue weighted by Gasteiger charge is -2.11. The van der Waals surface area contributed by atoms with Gasteiger partial charge in [0.25, 0.3) is 5.91 Å². The van der Waals surface area contributed by atoms with Gasteiger partial charge in [0.1, 0.15) is 5.82 Å². The van der Waals surface area contributed by atoms with Crippen LogP contribution >= 0.6 is 0 Å². The van der Waals surface area contributed by atoms with E-state index in [2.05, 4.69) is 17.3 Å². The summed E-state index contributed by atoms with van der Waals surface area (Å²) in [6.45, 7) is 5.43. The molecule has 0 aliphatic rings. The van der Waals surface area contributed by atoms with E-state index in [0.29, 0.717) is 18.5 Å². The molecule has 2 rings (SSSR count). The van der Waals surface area contributed by atoms with E-state index < -0.39 is 0 Å². The number of hydrogen-bond donors (Lipinski definition) is 1. The number of nitrogens with one attached hydrogen (secondary N) is 1. The van der Waals surface area contributed by atoms with Crippen molar-refractivity contribution in [1.29, 1.82) is 0 Å². The molecule has 5 nitrogen and oxygen atoms in total. The fourth-order valence-electron chi connectivity index (χ4n) is 2.78. The highest BCUT2D eigenvalue weighted by Gasteiger charge is 2.22. The van der Waals surface area contributed by atoms with E-state index in [9.17, 15) is 9.18 Å². The van der Waals surface area contributed by atoms with Crippen molar-refractivity contribution in [1.82, 2.24) is 20.0 Å². The highest BCUT2D eigenvalue weighted by Crippen LogP contribution is 2.21. The maximum atomic E-state index is 13.2. The van der Waals surface area contributed by atoms with Crippen LogP contribution in [-0.4, -0.2) is 47.8 Å². The summed E-state index contributed by atoms with van der Waals surface area (Å²) in [6, 6.07) is 6.19. The molecule has 0 saturated heterocycles. The number of rotatable bonds is 8. The number of aryl methyl sites for hydroxylation is 1. The number of benzene rings is 1. The first-order valence-corrected chi connectivity index (χ1v) is 8.77. The summed E-state index contributed by atoms with van der Waals surface area (Å²) in [5, 5.41) is 7.64. The molecule has 0 bridgehead atoms. The number of nitrogens with zero attached hydrogens (tertiary/aromatic N) is 3. The van der Waals surface area contributed by atoms with Gasteiger partial charge in [-0.25, -0.2) is 9.07 Å². The van der Waals surface area contributed by atoms with Gasteiger partial charge in [0, 0.05) is 13.1 Å². The molecular weight excluding hydrogens is 319 g/mol. The summed E-state index contributed by atoms with van der Waals surface area (Å²) in [5.41, 5.74) is 3.08. The summed E-state index contributed by atoms with van der Waals surface area (Å²) in [5.74, 6) is -0.375. The highest BCUT2D eigenvalue weighted by molar-refractivity contribution is 5.96. The molecule has 0 unspecified atom stereocenters. The summed E-state index contributed by atoms with van der Waals surface area (Å²) >= 11 is 0. The molecule has 0 spiro atoms. The largest absolute Gasteiger partial charge is 0.351 e. The Bertz CT molecular complexity index is 707. The highest BCUT2D eigenvalue weighted by atomic mass is 19.1.